The Balaban J connectivity index is 1.80. The van der Waals surface area contributed by atoms with E-state index in [1.54, 1.807) is 0 Å². The Morgan fingerprint density at radius 2 is 1.87 bits per heavy atom. The molecule has 5 nitrogen and oxygen atoms in total. The summed E-state index contributed by atoms with van der Waals surface area (Å²) in [6.45, 7) is 3.81. The number of alkyl halides is 3. The fourth-order valence-electron chi connectivity index (χ4n) is 3.01. The molecule has 0 aliphatic rings. The van der Waals surface area contributed by atoms with Gasteiger partial charge >= 0.3 is 6.18 Å². The summed E-state index contributed by atoms with van der Waals surface area (Å²) in [5, 5.41) is 6.64. The molecule has 0 spiro atoms. The third-order valence-corrected chi connectivity index (χ3v) is 4.96. The van der Waals surface area contributed by atoms with E-state index < -0.39 is 23.6 Å². The average Bonchev–Trinajstić information content (AvgIpc) is 3.22. The third kappa shape index (κ3) is 5.68. The number of hydrogen-bond donors (Lipinski definition) is 1. The molecule has 0 radical (unpaired) electrons. The van der Waals surface area contributed by atoms with Gasteiger partial charge in [-0.25, -0.2) is 4.39 Å². The van der Waals surface area contributed by atoms with Crippen molar-refractivity contribution in [3.8, 4) is 11.4 Å². The van der Waals surface area contributed by atoms with Crippen LogP contribution >= 0.6 is 0 Å². The number of carbonyl (C=O) groups is 1. The number of rotatable bonds is 7. The van der Waals surface area contributed by atoms with E-state index in [0.717, 1.165) is 12.1 Å². The van der Waals surface area contributed by atoms with Crippen molar-refractivity contribution in [2.24, 2.45) is 5.92 Å². The van der Waals surface area contributed by atoms with Crippen LogP contribution in [0.5, 0.6) is 0 Å². The molecule has 9 heteroatoms. The van der Waals surface area contributed by atoms with Gasteiger partial charge in [0.05, 0.1) is 12.0 Å². The lowest BCUT2D eigenvalue weighted by molar-refractivity contribution is -0.137. The molecule has 31 heavy (non-hydrogen) atoms. The van der Waals surface area contributed by atoms with Gasteiger partial charge in [0, 0.05) is 5.56 Å². The SMILES string of the molecule is CCC(C)C(NC(=O)Cc1ccc(F)cc1)c1nc(-c2cccc(C(F)(F)F)c2)no1. The Morgan fingerprint density at radius 3 is 2.52 bits per heavy atom. The van der Waals surface area contributed by atoms with Gasteiger partial charge in [0.15, 0.2) is 0 Å². The fourth-order valence-corrected chi connectivity index (χ4v) is 3.01. The van der Waals surface area contributed by atoms with Crippen molar-refractivity contribution in [3.63, 3.8) is 0 Å². The van der Waals surface area contributed by atoms with Crippen molar-refractivity contribution < 1.29 is 26.9 Å². The van der Waals surface area contributed by atoms with Gasteiger partial charge in [0.1, 0.15) is 11.9 Å². The van der Waals surface area contributed by atoms with Gasteiger partial charge in [0.2, 0.25) is 17.6 Å². The van der Waals surface area contributed by atoms with Gasteiger partial charge in [-0.15, -0.1) is 0 Å². The van der Waals surface area contributed by atoms with Crippen LogP contribution in [0, 0.1) is 11.7 Å². The second-order valence-corrected chi connectivity index (χ2v) is 7.27. The number of halogens is 4. The maximum atomic E-state index is 13.0. The molecule has 2 atom stereocenters. The lowest BCUT2D eigenvalue weighted by Crippen LogP contribution is -2.33. The van der Waals surface area contributed by atoms with E-state index in [4.69, 9.17) is 4.52 Å². The van der Waals surface area contributed by atoms with E-state index in [9.17, 15) is 22.4 Å². The minimum atomic E-state index is -4.49. The largest absolute Gasteiger partial charge is 0.416 e. The molecule has 0 aliphatic heterocycles. The normalized spacial score (nSPS) is 13.6. The van der Waals surface area contributed by atoms with Gasteiger partial charge in [-0.3, -0.25) is 4.79 Å². The Morgan fingerprint density at radius 1 is 1.16 bits per heavy atom. The van der Waals surface area contributed by atoms with Crippen LogP contribution in [0.25, 0.3) is 11.4 Å². The van der Waals surface area contributed by atoms with Crippen LogP contribution in [0.15, 0.2) is 53.1 Å². The Kier molecular flexibility index (Phi) is 6.72. The molecule has 1 amide bonds. The first-order chi connectivity index (χ1) is 14.7. The summed E-state index contributed by atoms with van der Waals surface area (Å²) in [6, 6.07) is 9.59. The summed E-state index contributed by atoms with van der Waals surface area (Å²) < 4.78 is 57.3. The molecule has 2 unspecified atom stereocenters. The molecule has 1 heterocycles. The van der Waals surface area contributed by atoms with Crippen molar-refractivity contribution >= 4 is 5.91 Å². The maximum Gasteiger partial charge on any atom is 0.416 e. The lowest BCUT2D eigenvalue weighted by Gasteiger charge is -2.20. The minimum Gasteiger partial charge on any atom is -0.344 e. The highest BCUT2D eigenvalue weighted by atomic mass is 19.4. The first-order valence-electron chi connectivity index (χ1n) is 9.72. The smallest absolute Gasteiger partial charge is 0.344 e. The predicted octanol–water partition coefficient (Wildman–Crippen LogP) is 5.34. The van der Waals surface area contributed by atoms with Crippen molar-refractivity contribution in [1.29, 1.82) is 0 Å². The Hall–Kier alpha value is -3.23. The quantitative estimate of drug-likeness (QED) is 0.509. The van der Waals surface area contributed by atoms with Crippen molar-refractivity contribution in [1.82, 2.24) is 15.5 Å². The average molecular weight is 435 g/mol. The summed E-state index contributed by atoms with van der Waals surface area (Å²) in [5.41, 5.74) is -0.0234. The van der Waals surface area contributed by atoms with Crippen LogP contribution < -0.4 is 5.32 Å². The van der Waals surface area contributed by atoms with E-state index in [2.05, 4.69) is 15.5 Å². The first kappa shape index (κ1) is 22.5. The van der Waals surface area contributed by atoms with E-state index in [1.165, 1.54) is 36.4 Å². The van der Waals surface area contributed by atoms with Crippen LogP contribution in [-0.2, 0) is 17.4 Å². The number of nitrogens with one attached hydrogen (secondary N) is 1. The van der Waals surface area contributed by atoms with Crippen LogP contribution in [0.2, 0.25) is 0 Å². The Labute approximate surface area is 176 Å². The number of hydrogen-bond acceptors (Lipinski definition) is 4. The van der Waals surface area contributed by atoms with Crippen LogP contribution in [0.1, 0.15) is 43.3 Å². The molecule has 0 aliphatic carbocycles. The van der Waals surface area contributed by atoms with E-state index in [0.29, 0.717) is 12.0 Å². The summed E-state index contributed by atoms with van der Waals surface area (Å²) in [5.74, 6) is -0.686. The molecule has 0 fully saturated rings. The molecular formula is C22H21F4N3O2. The van der Waals surface area contributed by atoms with Crippen LogP contribution in [-0.4, -0.2) is 16.0 Å². The van der Waals surface area contributed by atoms with Gasteiger partial charge < -0.3 is 9.84 Å². The second kappa shape index (κ2) is 9.28. The second-order valence-electron chi connectivity index (χ2n) is 7.27. The van der Waals surface area contributed by atoms with E-state index in [1.807, 2.05) is 13.8 Å². The maximum absolute atomic E-state index is 13.0. The minimum absolute atomic E-state index is 0.00202. The molecule has 0 saturated carbocycles. The van der Waals surface area contributed by atoms with Gasteiger partial charge in [0.25, 0.3) is 0 Å². The van der Waals surface area contributed by atoms with Crippen LogP contribution in [0.3, 0.4) is 0 Å². The molecule has 3 aromatic rings. The van der Waals surface area contributed by atoms with Crippen molar-refractivity contribution in [2.45, 2.75) is 38.9 Å². The lowest BCUT2D eigenvalue weighted by atomic mass is 9.98. The summed E-state index contributed by atoms with van der Waals surface area (Å²) in [6.07, 6.45) is -3.78. The first-order valence-corrected chi connectivity index (χ1v) is 9.72. The zero-order chi connectivity index (χ0) is 22.6. The molecule has 1 aromatic heterocycles. The molecular weight excluding hydrogens is 414 g/mol. The fraction of sp³-hybridized carbons (Fsp3) is 0.318. The molecule has 0 bridgehead atoms. The van der Waals surface area contributed by atoms with Crippen molar-refractivity contribution in [3.05, 3.63) is 71.4 Å². The topological polar surface area (TPSA) is 68.0 Å². The number of amides is 1. The van der Waals surface area contributed by atoms with Gasteiger partial charge in [-0.05, 0) is 35.7 Å². The number of carbonyl (C=O) groups excluding carboxylic acids is 1. The zero-order valence-electron chi connectivity index (χ0n) is 16.9. The zero-order valence-corrected chi connectivity index (χ0v) is 16.9. The highest BCUT2D eigenvalue weighted by molar-refractivity contribution is 5.79. The summed E-state index contributed by atoms with van der Waals surface area (Å²) in [4.78, 5) is 16.7. The molecule has 2 aromatic carbocycles. The van der Waals surface area contributed by atoms with Gasteiger partial charge in [-0.1, -0.05) is 49.7 Å². The van der Waals surface area contributed by atoms with Gasteiger partial charge in [-0.2, -0.15) is 18.2 Å². The number of benzene rings is 2. The van der Waals surface area contributed by atoms with E-state index >= 15 is 0 Å². The molecule has 164 valence electrons. The molecule has 0 saturated heterocycles. The molecule has 1 N–H and O–H groups in total. The monoisotopic (exact) mass is 435 g/mol. The highest BCUT2D eigenvalue weighted by Crippen LogP contribution is 2.32. The Bertz CT molecular complexity index is 1030. The standard InChI is InChI=1S/C22H21F4N3O2/c1-3-13(2)19(27-18(30)11-14-7-9-17(23)10-8-14)21-28-20(29-31-21)15-5-4-6-16(12-15)22(24,25)26/h4-10,12-13,19H,3,11H2,1-2H3,(H,27,30). The van der Waals surface area contributed by atoms with Crippen molar-refractivity contribution in [2.75, 3.05) is 0 Å². The number of nitrogens with zero attached hydrogens (tertiary/aromatic N) is 2. The number of aromatic nitrogens is 2. The summed E-state index contributed by atoms with van der Waals surface area (Å²) in [7, 11) is 0. The molecule has 3 rings (SSSR count). The van der Waals surface area contributed by atoms with Crippen LogP contribution in [0.4, 0.5) is 17.6 Å². The summed E-state index contributed by atoms with van der Waals surface area (Å²) >= 11 is 0. The highest BCUT2D eigenvalue weighted by Gasteiger charge is 2.31. The third-order valence-electron chi connectivity index (χ3n) is 4.96. The van der Waals surface area contributed by atoms with E-state index in [-0.39, 0.29) is 35.5 Å². The predicted molar refractivity (Wildman–Crippen MR) is 105 cm³/mol.